The van der Waals surface area contributed by atoms with Gasteiger partial charge in [-0.3, -0.25) is 18.5 Å². The molecular weight excluding hydrogens is 284 g/mol. The summed E-state index contributed by atoms with van der Waals surface area (Å²) in [5, 5.41) is 10.5. The van der Waals surface area contributed by atoms with Gasteiger partial charge in [-0.2, -0.15) is 4.21 Å². The van der Waals surface area contributed by atoms with Crippen LogP contribution in [0, 0.1) is 10.1 Å². The molecule has 0 amide bonds. The second-order valence-electron chi connectivity index (χ2n) is 3.52. The molecule has 1 fully saturated rings. The Morgan fingerprint density at radius 1 is 1.39 bits per heavy atom. The van der Waals surface area contributed by atoms with E-state index in [1.807, 2.05) is 0 Å². The Hall–Kier alpha value is -1.06. The fraction of sp³-hybridized carbons (Fsp3) is 0.333. The number of benzene rings is 1. The third kappa shape index (κ3) is 3.24. The van der Waals surface area contributed by atoms with Crippen LogP contribution < -0.4 is 5.73 Å². The number of rotatable bonds is 2. The first-order valence-corrected chi connectivity index (χ1v) is 5.80. The van der Waals surface area contributed by atoms with Crippen LogP contribution in [0.1, 0.15) is 11.7 Å². The fourth-order valence-electron chi connectivity index (χ4n) is 1.49. The van der Waals surface area contributed by atoms with Crippen molar-refractivity contribution >= 4 is 29.5 Å². The van der Waals surface area contributed by atoms with E-state index in [9.17, 15) is 14.3 Å². The van der Waals surface area contributed by atoms with E-state index in [0.29, 0.717) is 5.56 Å². The van der Waals surface area contributed by atoms with Crippen LogP contribution >= 0.6 is 12.4 Å². The van der Waals surface area contributed by atoms with E-state index in [1.54, 1.807) is 0 Å². The number of nitrogens with zero attached hydrogens (tertiary/aromatic N) is 1. The van der Waals surface area contributed by atoms with E-state index in [4.69, 9.17) is 14.1 Å². The minimum Gasteiger partial charge on any atom is -0.323 e. The number of hydrogen-bond acceptors (Lipinski definition) is 6. The maximum atomic E-state index is 11.1. The summed E-state index contributed by atoms with van der Waals surface area (Å²) < 4.78 is 20.8. The minimum atomic E-state index is -1.82. The zero-order valence-electron chi connectivity index (χ0n) is 9.05. The highest BCUT2D eigenvalue weighted by Gasteiger charge is 2.29. The fourth-order valence-corrected chi connectivity index (χ4v) is 2.24. The quantitative estimate of drug-likeness (QED) is 0.645. The Kier molecular flexibility index (Phi) is 5.17. The smallest absolute Gasteiger partial charge is 0.305 e. The van der Waals surface area contributed by atoms with Crippen molar-refractivity contribution in [1.29, 1.82) is 0 Å². The first kappa shape index (κ1) is 15.0. The van der Waals surface area contributed by atoms with E-state index < -0.39 is 28.4 Å². The topological polar surface area (TPSA) is 105 Å². The molecule has 0 aliphatic carbocycles. The Morgan fingerprint density at radius 2 is 2.00 bits per heavy atom. The molecule has 1 aliphatic heterocycles. The first-order chi connectivity index (χ1) is 8.08. The second-order valence-corrected chi connectivity index (χ2v) is 4.35. The number of nitrogens with two attached hydrogens (primary N) is 1. The highest BCUT2D eigenvalue weighted by Crippen LogP contribution is 2.27. The molecule has 2 rings (SSSR count). The van der Waals surface area contributed by atoms with Gasteiger partial charge in [-0.05, 0) is 17.7 Å². The summed E-state index contributed by atoms with van der Waals surface area (Å²) in [6.45, 7) is 0.119. The summed E-state index contributed by atoms with van der Waals surface area (Å²) in [7, 11) is 0. The molecule has 1 aliphatic rings. The molecule has 1 aromatic carbocycles. The van der Waals surface area contributed by atoms with Crippen LogP contribution in [-0.4, -0.2) is 21.8 Å². The molecule has 3 unspecified atom stereocenters. The van der Waals surface area contributed by atoms with E-state index in [2.05, 4.69) is 0 Å². The average molecular weight is 295 g/mol. The third-order valence-corrected chi connectivity index (χ3v) is 3.05. The van der Waals surface area contributed by atoms with Crippen LogP contribution in [0.5, 0.6) is 0 Å². The first-order valence-electron chi connectivity index (χ1n) is 4.80. The van der Waals surface area contributed by atoms with Crippen molar-refractivity contribution in [2.75, 3.05) is 6.61 Å². The minimum absolute atomic E-state index is 0. The standard InChI is InChI=1S/C9H10N2O5S.ClH/c10-8-5-15-17(14)16-9(8)6-1-3-7(4-2-6)11(12)13;/h1-4,8-9H,5,10H2;1H. The van der Waals surface area contributed by atoms with Gasteiger partial charge in [0.2, 0.25) is 0 Å². The molecule has 9 heteroatoms. The van der Waals surface area contributed by atoms with Gasteiger partial charge in [0.05, 0.1) is 17.6 Å². The summed E-state index contributed by atoms with van der Waals surface area (Å²) in [5.41, 5.74) is 6.37. The highest BCUT2D eigenvalue weighted by atomic mass is 35.5. The van der Waals surface area contributed by atoms with Crippen molar-refractivity contribution < 1.29 is 17.5 Å². The molecule has 3 atom stereocenters. The van der Waals surface area contributed by atoms with Crippen LogP contribution in [0.15, 0.2) is 24.3 Å². The lowest BCUT2D eigenvalue weighted by molar-refractivity contribution is -0.384. The number of nitro groups is 1. The van der Waals surface area contributed by atoms with Crippen molar-refractivity contribution in [3.8, 4) is 0 Å². The lowest BCUT2D eigenvalue weighted by Crippen LogP contribution is -2.39. The normalized spacial score (nSPS) is 27.3. The maximum Gasteiger partial charge on any atom is 0.305 e. The van der Waals surface area contributed by atoms with Crippen LogP contribution in [0.4, 0.5) is 5.69 Å². The molecule has 1 saturated heterocycles. The van der Waals surface area contributed by atoms with Gasteiger partial charge in [0, 0.05) is 12.1 Å². The molecule has 0 bridgehead atoms. The molecular formula is C9H11ClN2O5S. The number of non-ortho nitro benzene ring substituents is 1. The molecule has 0 aromatic heterocycles. The van der Waals surface area contributed by atoms with Crippen molar-refractivity contribution in [3.05, 3.63) is 39.9 Å². The maximum absolute atomic E-state index is 11.1. The highest BCUT2D eigenvalue weighted by molar-refractivity contribution is 7.75. The van der Waals surface area contributed by atoms with Crippen molar-refractivity contribution in [2.45, 2.75) is 12.1 Å². The summed E-state index contributed by atoms with van der Waals surface area (Å²) >= 11 is -1.82. The average Bonchev–Trinajstić information content (AvgIpc) is 2.32. The number of nitro benzene ring substituents is 1. The monoisotopic (exact) mass is 294 g/mol. The van der Waals surface area contributed by atoms with Crippen molar-refractivity contribution in [2.24, 2.45) is 5.73 Å². The van der Waals surface area contributed by atoms with E-state index in [1.165, 1.54) is 24.3 Å². The summed E-state index contributed by atoms with van der Waals surface area (Å²) in [6.07, 6.45) is -0.578. The van der Waals surface area contributed by atoms with Gasteiger partial charge in [-0.1, -0.05) is 0 Å². The Bertz CT molecular complexity index is 455. The van der Waals surface area contributed by atoms with Gasteiger partial charge >= 0.3 is 11.4 Å². The zero-order chi connectivity index (χ0) is 12.4. The molecule has 100 valence electrons. The largest absolute Gasteiger partial charge is 0.323 e. The molecule has 18 heavy (non-hydrogen) atoms. The van der Waals surface area contributed by atoms with Crippen molar-refractivity contribution in [3.63, 3.8) is 0 Å². The predicted octanol–water partition coefficient (Wildman–Crippen LogP) is 1.01. The molecule has 0 spiro atoms. The van der Waals surface area contributed by atoms with Gasteiger partial charge in [0.1, 0.15) is 6.10 Å². The van der Waals surface area contributed by atoms with Crippen LogP contribution in [0.3, 0.4) is 0 Å². The van der Waals surface area contributed by atoms with Gasteiger partial charge in [0.25, 0.3) is 5.69 Å². The van der Waals surface area contributed by atoms with Crippen LogP contribution in [0.2, 0.25) is 0 Å². The van der Waals surface area contributed by atoms with Gasteiger partial charge in [-0.25, -0.2) is 0 Å². The number of halogens is 1. The Balaban J connectivity index is 0.00000162. The van der Waals surface area contributed by atoms with Gasteiger partial charge in [0.15, 0.2) is 0 Å². The molecule has 0 radical (unpaired) electrons. The summed E-state index contributed by atoms with van der Waals surface area (Å²) in [6, 6.07) is 5.32. The molecule has 2 N–H and O–H groups in total. The summed E-state index contributed by atoms with van der Waals surface area (Å²) in [5.74, 6) is 0. The predicted molar refractivity (Wildman–Crippen MR) is 66.2 cm³/mol. The van der Waals surface area contributed by atoms with Crippen LogP contribution in [-0.2, 0) is 19.7 Å². The van der Waals surface area contributed by atoms with Crippen LogP contribution in [0.25, 0.3) is 0 Å². The zero-order valence-corrected chi connectivity index (χ0v) is 10.7. The lowest BCUT2D eigenvalue weighted by atomic mass is 10.0. The molecule has 1 heterocycles. The molecule has 1 aromatic rings. The second kappa shape index (κ2) is 6.21. The lowest BCUT2D eigenvalue weighted by Gasteiger charge is -2.27. The SMILES string of the molecule is Cl.NC1COS(=O)OC1c1ccc([N+](=O)[O-])cc1. The third-order valence-electron chi connectivity index (χ3n) is 2.36. The Labute approximate surface area is 112 Å². The Morgan fingerprint density at radius 3 is 2.56 bits per heavy atom. The van der Waals surface area contributed by atoms with E-state index >= 15 is 0 Å². The van der Waals surface area contributed by atoms with Gasteiger partial charge < -0.3 is 5.73 Å². The van der Waals surface area contributed by atoms with E-state index in [-0.39, 0.29) is 24.7 Å². The van der Waals surface area contributed by atoms with Gasteiger partial charge in [-0.15, -0.1) is 12.4 Å². The van der Waals surface area contributed by atoms with Crippen molar-refractivity contribution in [1.82, 2.24) is 0 Å². The molecule has 7 nitrogen and oxygen atoms in total. The summed E-state index contributed by atoms with van der Waals surface area (Å²) in [4.78, 5) is 9.99. The molecule has 0 saturated carbocycles. The van der Waals surface area contributed by atoms with E-state index in [0.717, 1.165) is 0 Å². The number of hydrogen-bond donors (Lipinski definition) is 1.